The van der Waals surface area contributed by atoms with Gasteiger partial charge in [0.05, 0.1) is 7.11 Å². The lowest BCUT2D eigenvalue weighted by molar-refractivity contribution is 0.379. The number of halogens is 1. The summed E-state index contributed by atoms with van der Waals surface area (Å²) < 4.78 is 18.8. The molecule has 1 unspecified atom stereocenters. The molecule has 1 atom stereocenters. The van der Waals surface area contributed by atoms with Crippen molar-refractivity contribution in [3.05, 3.63) is 29.6 Å². The van der Waals surface area contributed by atoms with E-state index < -0.39 is 0 Å². The van der Waals surface area contributed by atoms with E-state index in [2.05, 4.69) is 5.32 Å². The largest absolute Gasteiger partial charge is 0.494 e. The topological polar surface area (TPSA) is 21.3 Å². The van der Waals surface area contributed by atoms with E-state index >= 15 is 0 Å². The Morgan fingerprint density at radius 1 is 1.40 bits per heavy atom. The summed E-state index contributed by atoms with van der Waals surface area (Å²) in [6, 6.07) is 5.31. The fraction of sp³-hybridized carbons (Fsp3) is 0.500. The van der Waals surface area contributed by atoms with Crippen molar-refractivity contribution in [1.82, 2.24) is 5.32 Å². The molecule has 1 rings (SSSR count). The molecule has 0 radical (unpaired) electrons. The Kier molecular flexibility index (Phi) is 4.56. The van der Waals surface area contributed by atoms with Crippen LogP contribution in [0.4, 0.5) is 4.39 Å². The highest BCUT2D eigenvalue weighted by atomic mass is 19.1. The Hall–Kier alpha value is -1.09. The second-order valence-electron chi connectivity index (χ2n) is 3.38. The van der Waals surface area contributed by atoms with Crippen LogP contribution in [0.15, 0.2) is 18.2 Å². The van der Waals surface area contributed by atoms with Crippen LogP contribution in [-0.4, -0.2) is 13.7 Å². The van der Waals surface area contributed by atoms with Crippen LogP contribution in [0.1, 0.15) is 31.9 Å². The second-order valence-corrected chi connectivity index (χ2v) is 3.38. The van der Waals surface area contributed by atoms with Crippen LogP contribution in [0.25, 0.3) is 0 Å². The third-order valence-corrected chi connectivity index (χ3v) is 2.45. The minimum absolute atomic E-state index is 0.0603. The van der Waals surface area contributed by atoms with Gasteiger partial charge in [0.15, 0.2) is 11.6 Å². The highest BCUT2D eigenvalue weighted by Gasteiger charge is 2.15. The van der Waals surface area contributed by atoms with Crippen molar-refractivity contribution in [2.24, 2.45) is 0 Å². The number of hydrogen-bond acceptors (Lipinski definition) is 2. The molecule has 0 spiro atoms. The lowest BCUT2D eigenvalue weighted by Gasteiger charge is -2.17. The van der Waals surface area contributed by atoms with E-state index in [1.807, 2.05) is 19.9 Å². The molecular weight excluding hydrogens is 193 g/mol. The predicted molar refractivity (Wildman–Crippen MR) is 59.7 cm³/mol. The monoisotopic (exact) mass is 211 g/mol. The molecule has 15 heavy (non-hydrogen) atoms. The molecule has 0 aromatic heterocycles. The van der Waals surface area contributed by atoms with E-state index in [9.17, 15) is 4.39 Å². The highest BCUT2D eigenvalue weighted by molar-refractivity contribution is 5.33. The summed E-state index contributed by atoms with van der Waals surface area (Å²) in [5, 5.41) is 3.25. The van der Waals surface area contributed by atoms with Gasteiger partial charge < -0.3 is 10.1 Å². The number of benzene rings is 1. The van der Waals surface area contributed by atoms with Crippen LogP contribution >= 0.6 is 0 Å². The second kappa shape index (κ2) is 5.71. The van der Waals surface area contributed by atoms with Gasteiger partial charge in [-0.2, -0.15) is 0 Å². The molecule has 0 saturated heterocycles. The summed E-state index contributed by atoms with van der Waals surface area (Å²) in [5.41, 5.74) is 0.679. The van der Waals surface area contributed by atoms with E-state index in [1.165, 1.54) is 7.11 Å². The molecule has 2 nitrogen and oxygen atoms in total. The molecule has 84 valence electrons. The molecule has 0 fully saturated rings. The van der Waals surface area contributed by atoms with Crippen molar-refractivity contribution in [2.75, 3.05) is 13.7 Å². The van der Waals surface area contributed by atoms with E-state index in [-0.39, 0.29) is 11.9 Å². The summed E-state index contributed by atoms with van der Waals surface area (Å²) >= 11 is 0. The zero-order valence-corrected chi connectivity index (χ0v) is 9.51. The van der Waals surface area contributed by atoms with Gasteiger partial charge in [-0.1, -0.05) is 26.0 Å². The molecule has 1 N–H and O–H groups in total. The van der Waals surface area contributed by atoms with E-state index in [4.69, 9.17) is 4.74 Å². The normalized spacial score (nSPS) is 12.5. The molecule has 0 bridgehead atoms. The smallest absolute Gasteiger partial charge is 0.169 e. The lowest BCUT2D eigenvalue weighted by atomic mass is 10.0. The third-order valence-electron chi connectivity index (χ3n) is 2.45. The SMILES string of the molecule is CCNC(CC)c1cccc(OC)c1F. The van der Waals surface area contributed by atoms with Crippen LogP contribution < -0.4 is 10.1 Å². The van der Waals surface area contributed by atoms with Crippen molar-refractivity contribution in [1.29, 1.82) is 0 Å². The number of ether oxygens (including phenoxy) is 1. The van der Waals surface area contributed by atoms with Crippen molar-refractivity contribution in [3.8, 4) is 5.75 Å². The first kappa shape index (κ1) is 12.0. The van der Waals surface area contributed by atoms with Crippen LogP contribution in [-0.2, 0) is 0 Å². The number of hydrogen-bond donors (Lipinski definition) is 1. The van der Waals surface area contributed by atoms with Crippen LogP contribution in [0, 0.1) is 5.82 Å². The molecule has 0 amide bonds. The standard InChI is InChI=1S/C12H18FNO/c1-4-10(14-5-2)9-7-6-8-11(15-3)12(9)13/h6-8,10,14H,4-5H2,1-3H3. The molecule has 0 aliphatic rings. The maximum atomic E-state index is 13.9. The third kappa shape index (κ3) is 2.69. The minimum atomic E-state index is -0.257. The summed E-state index contributed by atoms with van der Waals surface area (Å²) in [6.45, 7) is 4.88. The quantitative estimate of drug-likeness (QED) is 0.808. The maximum absolute atomic E-state index is 13.9. The van der Waals surface area contributed by atoms with Crippen molar-refractivity contribution in [2.45, 2.75) is 26.3 Å². The van der Waals surface area contributed by atoms with Crippen LogP contribution in [0.3, 0.4) is 0 Å². The average molecular weight is 211 g/mol. The lowest BCUT2D eigenvalue weighted by Crippen LogP contribution is -2.21. The van der Waals surface area contributed by atoms with Gasteiger partial charge in [0, 0.05) is 11.6 Å². The maximum Gasteiger partial charge on any atom is 0.169 e. The fourth-order valence-electron chi connectivity index (χ4n) is 1.68. The molecular formula is C12H18FNO. The first-order chi connectivity index (χ1) is 7.24. The van der Waals surface area contributed by atoms with Gasteiger partial charge in [-0.3, -0.25) is 0 Å². The molecule has 1 aromatic carbocycles. The van der Waals surface area contributed by atoms with E-state index in [0.29, 0.717) is 11.3 Å². The van der Waals surface area contributed by atoms with Gasteiger partial charge in [-0.15, -0.1) is 0 Å². The zero-order chi connectivity index (χ0) is 11.3. The van der Waals surface area contributed by atoms with Crippen molar-refractivity contribution in [3.63, 3.8) is 0 Å². The van der Waals surface area contributed by atoms with Gasteiger partial charge in [0.2, 0.25) is 0 Å². The molecule has 0 aliphatic carbocycles. The molecule has 1 aromatic rings. The van der Waals surface area contributed by atoms with Gasteiger partial charge >= 0.3 is 0 Å². The first-order valence-electron chi connectivity index (χ1n) is 5.30. The number of methoxy groups -OCH3 is 1. The summed E-state index contributed by atoms with van der Waals surface area (Å²) in [5.74, 6) is 0.0525. The Morgan fingerprint density at radius 3 is 2.67 bits per heavy atom. The van der Waals surface area contributed by atoms with Gasteiger partial charge in [0.1, 0.15) is 0 Å². The Bertz CT molecular complexity index is 314. The summed E-state index contributed by atoms with van der Waals surface area (Å²) in [4.78, 5) is 0. The molecule has 0 heterocycles. The Morgan fingerprint density at radius 2 is 2.13 bits per heavy atom. The van der Waals surface area contributed by atoms with E-state index in [0.717, 1.165) is 13.0 Å². The van der Waals surface area contributed by atoms with Crippen molar-refractivity contribution >= 4 is 0 Å². The summed E-state index contributed by atoms with van der Waals surface area (Å²) in [6.07, 6.45) is 0.859. The Labute approximate surface area is 90.4 Å². The number of nitrogens with one attached hydrogen (secondary N) is 1. The van der Waals surface area contributed by atoms with Gasteiger partial charge in [-0.05, 0) is 19.0 Å². The average Bonchev–Trinajstić information content (AvgIpc) is 2.27. The zero-order valence-electron chi connectivity index (χ0n) is 9.51. The minimum Gasteiger partial charge on any atom is -0.494 e. The highest BCUT2D eigenvalue weighted by Crippen LogP contribution is 2.26. The molecule has 0 saturated carbocycles. The first-order valence-corrected chi connectivity index (χ1v) is 5.30. The Balaban J connectivity index is 3.01. The van der Waals surface area contributed by atoms with Crippen molar-refractivity contribution < 1.29 is 9.13 Å². The van der Waals surface area contributed by atoms with Crippen LogP contribution in [0.2, 0.25) is 0 Å². The predicted octanol–water partition coefficient (Wildman–Crippen LogP) is 2.89. The van der Waals surface area contributed by atoms with Crippen LogP contribution in [0.5, 0.6) is 5.75 Å². The molecule has 0 aliphatic heterocycles. The van der Waals surface area contributed by atoms with E-state index in [1.54, 1.807) is 12.1 Å². The fourth-order valence-corrected chi connectivity index (χ4v) is 1.68. The van der Waals surface area contributed by atoms with Gasteiger partial charge in [0.25, 0.3) is 0 Å². The van der Waals surface area contributed by atoms with Gasteiger partial charge in [-0.25, -0.2) is 4.39 Å². The number of rotatable bonds is 5. The summed E-state index contributed by atoms with van der Waals surface area (Å²) in [7, 11) is 1.48. The molecule has 3 heteroatoms.